The third kappa shape index (κ3) is 5.34. The van der Waals surface area contributed by atoms with Crippen molar-refractivity contribution < 1.29 is 4.74 Å². The van der Waals surface area contributed by atoms with Crippen molar-refractivity contribution in [2.24, 2.45) is 0 Å². The molecule has 114 valence electrons. The summed E-state index contributed by atoms with van der Waals surface area (Å²) in [5.74, 6) is 0.904. The fourth-order valence-corrected chi connectivity index (χ4v) is 3.48. The molecule has 0 saturated heterocycles. The van der Waals surface area contributed by atoms with Crippen LogP contribution in [-0.2, 0) is 12.8 Å². The minimum atomic E-state index is 0.438. The van der Waals surface area contributed by atoms with Crippen molar-refractivity contribution in [2.75, 3.05) is 13.7 Å². The van der Waals surface area contributed by atoms with Crippen LogP contribution in [0.1, 0.15) is 23.8 Å². The van der Waals surface area contributed by atoms with Crippen LogP contribution in [0.25, 0.3) is 0 Å². The zero-order valence-corrected chi connectivity index (χ0v) is 14.1. The standard InChI is InChI=1S/C17H22ClNOS/c1-3-10-19-14(12-16-8-9-17(18)21-16)11-13-4-6-15(20-2)7-5-13/h4-9,14,19H,3,10-12H2,1-2H3. The van der Waals surface area contributed by atoms with Gasteiger partial charge in [-0.25, -0.2) is 0 Å². The number of halogens is 1. The predicted molar refractivity (Wildman–Crippen MR) is 91.8 cm³/mol. The van der Waals surface area contributed by atoms with Gasteiger partial charge in [-0.15, -0.1) is 11.3 Å². The summed E-state index contributed by atoms with van der Waals surface area (Å²) >= 11 is 7.70. The first-order valence-electron chi connectivity index (χ1n) is 7.31. The molecule has 0 fully saturated rings. The van der Waals surface area contributed by atoms with Crippen molar-refractivity contribution >= 4 is 22.9 Å². The zero-order valence-electron chi connectivity index (χ0n) is 12.6. The lowest BCUT2D eigenvalue weighted by Crippen LogP contribution is -2.33. The number of hydrogen-bond acceptors (Lipinski definition) is 3. The third-order valence-electron chi connectivity index (χ3n) is 3.40. The summed E-state index contributed by atoms with van der Waals surface area (Å²) < 4.78 is 6.07. The topological polar surface area (TPSA) is 21.3 Å². The first-order chi connectivity index (χ1) is 10.2. The van der Waals surface area contributed by atoms with E-state index in [0.717, 1.165) is 35.9 Å². The second-order valence-electron chi connectivity index (χ2n) is 5.11. The van der Waals surface area contributed by atoms with Crippen molar-refractivity contribution in [1.82, 2.24) is 5.32 Å². The van der Waals surface area contributed by atoms with Gasteiger partial charge in [0.25, 0.3) is 0 Å². The van der Waals surface area contributed by atoms with Crippen LogP contribution in [0.15, 0.2) is 36.4 Å². The Labute approximate surface area is 136 Å². The van der Waals surface area contributed by atoms with Gasteiger partial charge in [-0.3, -0.25) is 0 Å². The highest BCUT2D eigenvalue weighted by Crippen LogP contribution is 2.23. The predicted octanol–water partition coefficient (Wildman–Crippen LogP) is 4.56. The lowest BCUT2D eigenvalue weighted by molar-refractivity contribution is 0.414. The number of ether oxygens (including phenoxy) is 1. The normalized spacial score (nSPS) is 12.3. The highest BCUT2D eigenvalue weighted by Gasteiger charge is 2.11. The Balaban J connectivity index is 2.00. The van der Waals surface area contributed by atoms with Gasteiger partial charge in [0.1, 0.15) is 5.75 Å². The molecule has 1 aromatic carbocycles. The molecule has 0 amide bonds. The highest BCUT2D eigenvalue weighted by atomic mass is 35.5. The van der Waals surface area contributed by atoms with E-state index in [9.17, 15) is 0 Å². The second-order valence-corrected chi connectivity index (χ2v) is 6.91. The largest absolute Gasteiger partial charge is 0.497 e. The molecule has 1 unspecified atom stereocenters. The number of nitrogens with one attached hydrogen (secondary N) is 1. The summed E-state index contributed by atoms with van der Waals surface area (Å²) in [5.41, 5.74) is 1.33. The monoisotopic (exact) mass is 323 g/mol. The minimum Gasteiger partial charge on any atom is -0.497 e. The van der Waals surface area contributed by atoms with Crippen LogP contribution in [0.2, 0.25) is 4.34 Å². The summed E-state index contributed by atoms with van der Waals surface area (Å²) in [6.07, 6.45) is 3.17. The van der Waals surface area contributed by atoms with Gasteiger partial charge >= 0.3 is 0 Å². The van der Waals surface area contributed by atoms with E-state index in [1.807, 2.05) is 18.2 Å². The Kier molecular flexibility index (Phi) is 6.55. The number of rotatable bonds is 8. The molecule has 1 atom stereocenters. The molecule has 1 heterocycles. The van der Waals surface area contributed by atoms with Crippen LogP contribution >= 0.6 is 22.9 Å². The molecular formula is C17H22ClNOS. The average molecular weight is 324 g/mol. The Morgan fingerprint density at radius 1 is 1.14 bits per heavy atom. The van der Waals surface area contributed by atoms with Crippen LogP contribution in [0.3, 0.4) is 0 Å². The molecular weight excluding hydrogens is 302 g/mol. The van der Waals surface area contributed by atoms with Crippen LogP contribution in [0, 0.1) is 0 Å². The van der Waals surface area contributed by atoms with E-state index in [4.69, 9.17) is 16.3 Å². The van der Waals surface area contributed by atoms with Crippen LogP contribution < -0.4 is 10.1 Å². The van der Waals surface area contributed by atoms with Gasteiger partial charge in [0.15, 0.2) is 0 Å². The molecule has 1 N–H and O–H groups in total. The van der Waals surface area contributed by atoms with E-state index < -0.39 is 0 Å². The molecule has 0 spiro atoms. The molecule has 21 heavy (non-hydrogen) atoms. The Hall–Kier alpha value is -1.03. The van der Waals surface area contributed by atoms with Gasteiger partial charge in [0.2, 0.25) is 0 Å². The van der Waals surface area contributed by atoms with Gasteiger partial charge in [0.05, 0.1) is 11.4 Å². The van der Waals surface area contributed by atoms with Crippen molar-refractivity contribution in [2.45, 2.75) is 32.2 Å². The van der Waals surface area contributed by atoms with Crippen molar-refractivity contribution in [3.05, 3.63) is 51.2 Å². The Morgan fingerprint density at radius 3 is 2.48 bits per heavy atom. The summed E-state index contributed by atoms with van der Waals surface area (Å²) in [5, 5.41) is 3.64. The fourth-order valence-electron chi connectivity index (χ4n) is 2.32. The minimum absolute atomic E-state index is 0.438. The maximum absolute atomic E-state index is 6.03. The number of thiophene rings is 1. The van der Waals surface area contributed by atoms with E-state index in [2.05, 4.69) is 30.4 Å². The van der Waals surface area contributed by atoms with Crippen LogP contribution in [-0.4, -0.2) is 19.7 Å². The SMILES string of the molecule is CCCNC(Cc1ccc(OC)cc1)Cc1ccc(Cl)s1. The molecule has 1 aromatic heterocycles. The average Bonchev–Trinajstić information content (AvgIpc) is 2.90. The lowest BCUT2D eigenvalue weighted by atomic mass is 10.0. The second kappa shape index (κ2) is 8.42. The fraction of sp³-hybridized carbons (Fsp3) is 0.412. The summed E-state index contributed by atoms with van der Waals surface area (Å²) in [7, 11) is 1.70. The molecule has 0 aliphatic rings. The molecule has 0 aliphatic heterocycles. The molecule has 2 rings (SSSR count). The van der Waals surface area contributed by atoms with E-state index in [-0.39, 0.29) is 0 Å². The van der Waals surface area contributed by atoms with Gasteiger partial charge in [-0.1, -0.05) is 30.7 Å². The van der Waals surface area contributed by atoms with E-state index in [1.165, 1.54) is 10.4 Å². The maximum atomic E-state index is 6.03. The van der Waals surface area contributed by atoms with E-state index >= 15 is 0 Å². The number of methoxy groups -OCH3 is 1. The summed E-state index contributed by atoms with van der Waals surface area (Å²) in [6, 6.07) is 12.9. The molecule has 0 aliphatic carbocycles. The number of benzene rings is 1. The third-order valence-corrected chi connectivity index (χ3v) is 4.65. The van der Waals surface area contributed by atoms with E-state index in [0.29, 0.717) is 6.04 Å². The molecule has 4 heteroatoms. The molecule has 2 aromatic rings. The smallest absolute Gasteiger partial charge is 0.118 e. The van der Waals surface area contributed by atoms with Crippen molar-refractivity contribution in [1.29, 1.82) is 0 Å². The van der Waals surface area contributed by atoms with Gasteiger partial charge in [0, 0.05) is 10.9 Å². The molecule has 0 bridgehead atoms. The van der Waals surface area contributed by atoms with Crippen molar-refractivity contribution in [3.63, 3.8) is 0 Å². The molecule has 0 saturated carbocycles. The van der Waals surface area contributed by atoms with Gasteiger partial charge < -0.3 is 10.1 Å². The van der Waals surface area contributed by atoms with Crippen molar-refractivity contribution in [3.8, 4) is 5.75 Å². The first kappa shape index (κ1) is 16.3. The quantitative estimate of drug-likeness (QED) is 0.768. The van der Waals surface area contributed by atoms with E-state index in [1.54, 1.807) is 18.4 Å². The van der Waals surface area contributed by atoms with Crippen LogP contribution in [0.5, 0.6) is 5.75 Å². The molecule has 0 radical (unpaired) electrons. The van der Waals surface area contributed by atoms with Crippen LogP contribution in [0.4, 0.5) is 0 Å². The summed E-state index contributed by atoms with van der Waals surface area (Å²) in [4.78, 5) is 1.34. The number of hydrogen-bond donors (Lipinski definition) is 1. The zero-order chi connectivity index (χ0) is 15.1. The first-order valence-corrected chi connectivity index (χ1v) is 8.51. The highest BCUT2D eigenvalue weighted by molar-refractivity contribution is 7.16. The molecule has 2 nitrogen and oxygen atoms in total. The lowest BCUT2D eigenvalue weighted by Gasteiger charge is -2.18. The summed E-state index contributed by atoms with van der Waals surface area (Å²) in [6.45, 7) is 3.24. The Bertz CT molecular complexity index is 538. The maximum Gasteiger partial charge on any atom is 0.118 e. The Morgan fingerprint density at radius 2 is 1.90 bits per heavy atom. The van der Waals surface area contributed by atoms with Gasteiger partial charge in [-0.2, -0.15) is 0 Å². The van der Waals surface area contributed by atoms with Gasteiger partial charge in [-0.05, 0) is 55.6 Å².